The molecule has 5 nitrogen and oxygen atoms in total. The third kappa shape index (κ3) is 2.43. The van der Waals surface area contributed by atoms with Crippen molar-refractivity contribution in [1.82, 2.24) is 5.01 Å². The average Bonchev–Trinajstić information content (AvgIpc) is 3.36. The number of aryl methyl sites for hydroxylation is 1. The Morgan fingerprint density at radius 3 is 2.41 bits per heavy atom. The summed E-state index contributed by atoms with van der Waals surface area (Å²) in [7, 11) is 0. The molecular formula is C23H19ClN2O3. The highest BCUT2D eigenvalue weighted by Gasteiger charge is 2.67. The number of allylic oxidation sites excluding steroid dienone is 2. The first-order valence-corrected chi connectivity index (χ1v) is 10.4. The zero-order valence-electron chi connectivity index (χ0n) is 15.8. The Labute approximate surface area is 173 Å². The minimum absolute atomic E-state index is 0.168. The molecule has 3 fully saturated rings. The van der Waals surface area contributed by atoms with Crippen LogP contribution in [-0.4, -0.2) is 23.0 Å². The summed E-state index contributed by atoms with van der Waals surface area (Å²) in [5.41, 5.74) is 1.86. The van der Waals surface area contributed by atoms with Crippen molar-refractivity contribution in [3.8, 4) is 11.3 Å². The first kappa shape index (κ1) is 17.2. The third-order valence-corrected chi connectivity index (χ3v) is 7.43. The highest BCUT2D eigenvalue weighted by molar-refractivity contribution is 6.31. The first-order valence-electron chi connectivity index (χ1n) is 9.99. The quantitative estimate of drug-likeness (QED) is 0.434. The fraction of sp³-hybridized carbons (Fsp3) is 0.348. The van der Waals surface area contributed by atoms with E-state index in [-0.39, 0.29) is 35.5 Å². The molecule has 2 amide bonds. The van der Waals surface area contributed by atoms with E-state index in [1.807, 2.05) is 31.2 Å². The summed E-state index contributed by atoms with van der Waals surface area (Å²) in [6.07, 6.45) is 6.91. The topological polar surface area (TPSA) is 62.9 Å². The van der Waals surface area contributed by atoms with Gasteiger partial charge in [0.2, 0.25) is 0 Å². The van der Waals surface area contributed by atoms with Crippen molar-refractivity contribution >= 4 is 29.6 Å². The number of furan rings is 1. The van der Waals surface area contributed by atoms with Gasteiger partial charge in [-0.2, -0.15) is 10.1 Å². The van der Waals surface area contributed by atoms with Gasteiger partial charge in [0, 0.05) is 10.6 Å². The molecule has 6 atom stereocenters. The molecule has 2 heterocycles. The van der Waals surface area contributed by atoms with E-state index in [0.717, 1.165) is 22.6 Å². The van der Waals surface area contributed by atoms with Gasteiger partial charge in [0.1, 0.15) is 11.5 Å². The summed E-state index contributed by atoms with van der Waals surface area (Å²) in [6, 6.07) is 9.32. The van der Waals surface area contributed by atoms with E-state index in [0.29, 0.717) is 28.4 Å². The van der Waals surface area contributed by atoms with Crippen LogP contribution in [0.3, 0.4) is 0 Å². The van der Waals surface area contributed by atoms with E-state index in [1.165, 1.54) is 6.21 Å². The molecule has 2 saturated carbocycles. The molecule has 146 valence electrons. The third-order valence-electron chi connectivity index (χ3n) is 7.02. The highest BCUT2D eigenvalue weighted by atomic mass is 35.5. The molecule has 0 radical (unpaired) electrons. The molecule has 29 heavy (non-hydrogen) atoms. The van der Waals surface area contributed by atoms with Crippen molar-refractivity contribution in [2.75, 3.05) is 0 Å². The smallest absolute Gasteiger partial charge is 0.254 e. The van der Waals surface area contributed by atoms with Crippen LogP contribution in [0, 0.1) is 42.4 Å². The normalized spacial score (nSPS) is 34.2. The Morgan fingerprint density at radius 2 is 1.76 bits per heavy atom. The van der Waals surface area contributed by atoms with E-state index in [1.54, 1.807) is 6.07 Å². The maximum absolute atomic E-state index is 12.9. The lowest BCUT2D eigenvalue weighted by Crippen LogP contribution is -2.40. The predicted octanol–water partition coefficient (Wildman–Crippen LogP) is 4.30. The molecule has 0 N–H and O–H groups in total. The van der Waals surface area contributed by atoms with Gasteiger partial charge < -0.3 is 4.42 Å². The number of carbonyl (C=O) groups excluding carboxylic acids is 2. The number of nitrogens with zero attached hydrogens (tertiary/aromatic N) is 2. The standard InChI is InChI=1S/C23H19ClN2O3/c1-11-2-3-12(8-18(11)24)19-7-4-13(29-19)10-25-26-22(27)20-14-5-6-15(17-9-16(14)17)21(20)23(26)28/h2-8,10,14-17,20-21H,9H2,1H3/b25-10-/t14-,15+,16-,17-,20+,21-/m1/s1. The molecule has 1 aliphatic heterocycles. The summed E-state index contributed by atoms with van der Waals surface area (Å²) < 4.78 is 5.82. The van der Waals surface area contributed by atoms with Gasteiger partial charge in [-0.25, -0.2) is 0 Å². The van der Waals surface area contributed by atoms with Gasteiger partial charge in [-0.05, 0) is 60.8 Å². The Balaban J connectivity index is 1.24. The second-order valence-electron chi connectivity index (χ2n) is 8.55. The van der Waals surface area contributed by atoms with Gasteiger partial charge in [0.05, 0.1) is 18.1 Å². The van der Waals surface area contributed by atoms with Crippen LogP contribution in [0.15, 0.2) is 52.0 Å². The lowest BCUT2D eigenvalue weighted by atomic mass is 9.63. The SMILES string of the molecule is Cc1ccc(-c2ccc(/C=N\N3C(=O)[C@@H]4[C@H]5C=C[C@H]([C@H]6C[C@H]56)[C@@H]4C3=O)o2)cc1Cl. The second kappa shape index (κ2) is 5.92. The number of imide groups is 1. The van der Waals surface area contributed by atoms with E-state index in [2.05, 4.69) is 17.3 Å². The number of amides is 2. The number of hydrazone groups is 1. The van der Waals surface area contributed by atoms with Gasteiger partial charge in [-0.15, -0.1) is 0 Å². The van der Waals surface area contributed by atoms with Crippen molar-refractivity contribution < 1.29 is 14.0 Å². The maximum Gasteiger partial charge on any atom is 0.254 e. The summed E-state index contributed by atoms with van der Waals surface area (Å²) in [4.78, 5) is 25.9. The minimum Gasteiger partial charge on any atom is -0.455 e. The molecule has 6 heteroatoms. The van der Waals surface area contributed by atoms with E-state index >= 15 is 0 Å². The zero-order valence-corrected chi connectivity index (χ0v) is 16.5. The molecule has 5 aliphatic rings. The van der Waals surface area contributed by atoms with Gasteiger partial charge in [-0.3, -0.25) is 9.59 Å². The van der Waals surface area contributed by atoms with Crippen LogP contribution in [0.25, 0.3) is 11.3 Å². The molecule has 0 spiro atoms. The molecule has 2 aromatic rings. The molecular weight excluding hydrogens is 388 g/mol. The van der Waals surface area contributed by atoms with Crippen LogP contribution in [-0.2, 0) is 9.59 Å². The Morgan fingerprint density at radius 1 is 1.07 bits per heavy atom. The molecule has 2 bridgehead atoms. The maximum atomic E-state index is 12.9. The Hall–Kier alpha value is -2.66. The Bertz CT molecular complexity index is 1080. The number of hydrogen-bond donors (Lipinski definition) is 0. The Kier molecular flexibility index (Phi) is 3.52. The molecule has 4 aliphatic carbocycles. The van der Waals surface area contributed by atoms with Gasteiger partial charge in [-0.1, -0.05) is 35.9 Å². The fourth-order valence-electron chi connectivity index (χ4n) is 5.49. The van der Waals surface area contributed by atoms with Crippen molar-refractivity contribution in [3.63, 3.8) is 0 Å². The molecule has 7 rings (SSSR count). The van der Waals surface area contributed by atoms with Gasteiger partial charge in [0.25, 0.3) is 11.8 Å². The monoisotopic (exact) mass is 406 g/mol. The van der Waals surface area contributed by atoms with Crippen molar-refractivity contribution in [1.29, 1.82) is 0 Å². The summed E-state index contributed by atoms with van der Waals surface area (Å²) in [5.74, 6) is 1.90. The summed E-state index contributed by atoms with van der Waals surface area (Å²) >= 11 is 6.20. The van der Waals surface area contributed by atoms with Gasteiger partial charge >= 0.3 is 0 Å². The van der Waals surface area contributed by atoms with E-state index in [4.69, 9.17) is 16.0 Å². The van der Waals surface area contributed by atoms with Crippen LogP contribution < -0.4 is 0 Å². The summed E-state index contributed by atoms with van der Waals surface area (Å²) in [5, 5.41) is 5.96. The number of carbonyl (C=O) groups is 2. The fourth-order valence-corrected chi connectivity index (χ4v) is 5.67. The van der Waals surface area contributed by atoms with Crippen LogP contribution in [0.5, 0.6) is 0 Å². The zero-order chi connectivity index (χ0) is 19.9. The molecule has 0 unspecified atom stereocenters. The molecule has 1 aromatic carbocycles. The molecule has 1 saturated heterocycles. The highest BCUT2D eigenvalue weighted by Crippen LogP contribution is 2.65. The van der Waals surface area contributed by atoms with Crippen LogP contribution in [0.2, 0.25) is 5.02 Å². The van der Waals surface area contributed by atoms with Crippen molar-refractivity contribution in [2.24, 2.45) is 40.6 Å². The van der Waals surface area contributed by atoms with Crippen molar-refractivity contribution in [3.05, 3.63) is 58.8 Å². The number of hydrogen-bond acceptors (Lipinski definition) is 4. The van der Waals surface area contributed by atoms with E-state index < -0.39 is 0 Å². The van der Waals surface area contributed by atoms with E-state index in [9.17, 15) is 9.59 Å². The van der Waals surface area contributed by atoms with Crippen LogP contribution in [0.4, 0.5) is 0 Å². The largest absolute Gasteiger partial charge is 0.455 e. The lowest BCUT2D eigenvalue weighted by Gasteiger charge is -2.37. The molecule has 1 aromatic heterocycles. The number of rotatable bonds is 3. The lowest BCUT2D eigenvalue weighted by molar-refractivity contribution is -0.140. The average molecular weight is 407 g/mol. The van der Waals surface area contributed by atoms with Crippen LogP contribution >= 0.6 is 11.6 Å². The number of benzene rings is 1. The number of halogens is 1. The minimum atomic E-state index is -0.236. The van der Waals surface area contributed by atoms with Crippen LogP contribution in [0.1, 0.15) is 17.7 Å². The van der Waals surface area contributed by atoms with Crippen molar-refractivity contribution in [2.45, 2.75) is 13.3 Å². The predicted molar refractivity (Wildman–Crippen MR) is 108 cm³/mol. The first-order chi connectivity index (χ1) is 14.0. The second-order valence-corrected chi connectivity index (χ2v) is 8.96. The van der Waals surface area contributed by atoms with Gasteiger partial charge in [0.15, 0.2) is 0 Å². The summed E-state index contributed by atoms with van der Waals surface area (Å²) in [6.45, 7) is 1.94.